The van der Waals surface area contributed by atoms with E-state index < -0.39 is 0 Å². The zero-order chi connectivity index (χ0) is 17.8. The van der Waals surface area contributed by atoms with Gasteiger partial charge in [-0.3, -0.25) is 4.79 Å². The highest BCUT2D eigenvalue weighted by molar-refractivity contribution is 7.18. The van der Waals surface area contributed by atoms with Gasteiger partial charge in [-0.15, -0.1) is 11.3 Å². The van der Waals surface area contributed by atoms with Crippen molar-refractivity contribution in [2.75, 3.05) is 0 Å². The first-order chi connectivity index (χ1) is 11.8. The van der Waals surface area contributed by atoms with E-state index >= 15 is 0 Å². The molecule has 0 aliphatic heterocycles. The van der Waals surface area contributed by atoms with Gasteiger partial charge < -0.3 is 10.1 Å². The number of phenolic OH excluding ortho intramolecular Hbond substituents is 1. The quantitative estimate of drug-likeness (QED) is 0.676. The topological polar surface area (TPSA) is 66.0 Å². The fourth-order valence-electron chi connectivity index (χ4n) is 3.71. The van der Waals surface area contributed by atoms with Crippen molar-refractivity contribution >= 4 is 21.6 Å². The van der Waals surface area contributed by atoms with E-state index in [0.29, 0.717) is 11.7 Å². The van der Waals surface area contributed by atoms with Crippen LogP contribution in [0.3, 0.4) is 0 Å². The Labute approximate surface area is 150 Å². The van der Waals surface area contributed by atoms with Gasteiger partial charge in [0.25, 0.3) is 5.56 Å². The third-order valence-electron chi connectivity index (χ3n) is 5.26. The number of hydrogen-bond acceptors (Lipinski definition) is 4. The van der Waals surface area contributed by atoms with E-state index in [0.717, 1.165) is 35.0 Å². The predicted molar refractivity (Wildman–Crippen MR) is 102 cm³/mol. The summed E-state index contributed by atoms with van der Waals surface area (Å²) < 4.78 is 0. The molecule has 1 aromatic carbocycles. The number of aromatic amines is 1. The van der Waals surface area contributed by atoms with Gasteiger partial charge in [0.2, 0.25) is 0 Å². The lowest BCUT2D eigenvalue weighted by molar-refractivity contribution is 0.218. The van der Waals surface area contributed by atoms with E-state index in [1.54, 1.807) is 29.5 Å². The Hall–Kier alpha value is -2.14. The van der Waals surface area contributed by atoms with E-state index in [9.17, 15) is 9.90 Å². The Balaban J connectivity index is 1.83. The Kier molecular flexibility index (Phi) is 3.72. The number of phenols is 1. The maximum Gasteiger partial charge on any atom is 0.260 e. The molecule has 0 radical (unpaired) electrons. The molecular weight excluding hydrogens is 332 g/mol. The lowest BCUT2D eigenvalue weighted by Gasteiger charge is -2.33. The summed E-state index contributed by atoms with van der Waals surface area (Å²) in [5, 5.41) is 10.4. The summed E-state index contributed by atoms with van der Waals surface area (Å²) in [5.74, 6) is 1.32. The van der Waals surface area contributed by atoms with Crippen molar-refractivity contribution in [1.29, 1.82) is 0 Å². The van der Waals surface area contributed by atoms with Crippen molar-refractivity contribution in [3.63, 3.8) is 0 Å². The number of rotatable bonds is 1. The van der Waals surface area contributed by atoms with Gasteiger partial charge >= 0.3 is 0 Å². The number of hydrogen-bond donors (Lipinski definition) is 2. The monoisotopic (exact) mass is 354 g/mol. The van der Waals surface area contributed by atoms with Crippen LogP contribution in [-0.4, -0.2) is 15.1 Å². The molecule has 2 heterocycles. The molecule has 2 N–H and O–H groups in total. The first-order valence-electron chi connectivity index (χ1n) is 8.67. The van der Waals surface area contributed by atoms with Gasteiger partial charge in [0.1, 0.15) is 16.4 Å². The lowest BCUT2D eigenvalue weighted by atomic mass is 9.72. The number of nitrogens with one attached hydrogen (secondary N) is 1. The number of aromatic hydroxyl groups is 1. The SMILES string of the molecule is CC(C)(C)C1CCc2c(sc3nc(-c4cccc(O)c4)[nH]c(=O)c23)C1. The minimum atomic E-state index is -0.0740. The maximum atomic E-state index is 12.7. The van der Waals surface area contributed by atoms with Crippen molar-refractivity contribution in [2.45, 2.75) is 40.0 Å². The van der Waals surface area contributed by atoms with Crippen LogP contribution in [0.2, 0.25) is 0 Å². The Morgan fingerprint density at radius 2 is 2.12 bits per heavy atom. The van der Waals surface area contributed by atoms with Crippen LogP contribution in [0.4, 0.5) is 0 Å². The second-order valence-electron chi connectivity index (χ2n) is 7.95. The van der Waals surface area contributed by atoms with Crippen molar-refractivity contribution in [1.82, 2.24) is 9.97 Å². The third kappa shape index (κ3) is 2.86. The summed E-state index contributed by atoms with van der Waals surface area (Å²) in [5.41, 5.74) is 2.12. The summed E-state index contributed by atoms with van der Waals surface area (Å²) in [7, 11) is 0. The van der Waals surface area contributed by atoms with Crippen LogP contribution in [0.25, 0.3) is 21.6 Å². The largest absolute Gasteiger partial charge is 0.508 e. The normalized spacial score (nSPS) is 17.6. The Morgan fingerprint density at radius 3 is 2.84 bits per heavy atom. The molecule has 3 aromatic rings. The smallest absolute Gasteiger partial charge is 0.260 e. The zero-order valence-corrected chi connectivity index (χ0v) is 15.5. The predicted octanol–water partition coefficient (Wildman–Crippen LogP) is 4.51. The number of aryl methyl sites for hydroxylation is 1. The van der Waals surface area contributed by atoms with Crippen LogP contribution in [0, 0.1) is 11.3 Å². The highest BCUT2D eigenvalue weighted by Crippen LogP contribution is 2.42. The number of fused-ring (bicyclic) bond motifs is 3. The molecule has 0 saturated carbocycles. The Morgan fingerprint density at radius 1 is 1.32 bits per heavy atom. The molecule has 1 atom stereocenters. The van der Waals surface area contributed by atoms with Gasteiger partial charge in [0.15, 0.2) is 0 Å². The molecule has 4 nitrogen and oxygen atoms in total. The summed E-state index contributed by atoms with van der Waals surface area (Å²) in [6.07, 6.45) is 3.10. The molecule has 2 aromatic heterocycles. The van der Waals surface area contributed by atoms with E-state index in [4.69, 9.17) is 4.98 Å². The molecule has 0 spiro atoms. The first kappa shape index (κ1) is 16.3. The fraction of sp³-hybridized carbons (Fsp3) is 0.400. The van der Waals surface area contributed by atoms with Crippen LogP contribution in [0.5, 0.6) is 5.75 Å². The number of thiophene rings is 1. The number of benzene rings is 1. The van der Waals surface area contributed by atoms with Crippen LogP contribution in [0.1, 0.15) is 37.6 Å². The average Bonchev–Trinajstić information content (AvgIpc) is 2.92. The van der Waals surface area contributed by atoms with E-state index in [1.807, 2.05) is 6.07 Å². The van der Waals surface area contributed by atoms with Crippen molar-refractivity contribution in [3.8, 4) is 17.1 Å². The molecule has 1 unspecified atom stereocenters. The second-order valence-corrected chi connectivity index (χ2v) is 9.04. The van der Waals surface area contributed by atoms with Gasteiger partial charge in [-0.2, -0.15) is 0 Å². The molecule has 0 amide bonds. The van der Waals surface area contributed by atoms with Crippen LogP contribution in [0.15, 0.2) is 29.1 Å². The molecule has 0 fully saturated rings. The third-order valence-corrected chi connectivity index (χ3v) is 6.41. The highest BCUT2D eigenvalue weighted by atomic mass is 32.1. The number of H-pyrrole nitrogens is 1. The zero-order valence-electron chi connectivity index (χ0n) is 14.7. The summed E-state index contributed by atoms with van der Waals surface area (Å²) in [6, 6.07) is 6.82. The standard InChI is InChI=1S/C20H22N2O2S/c1-20(2,3)12-7-8-14-15(10-12)25-19-16(14)18(24)21-17(22-19)11-5-4-6-13(23)9-11/h4-6,9,12,23H,7-8,10H2,1-3H3,(H,21,22,24). The molecule has 1 aliphatic rings. The molecule has 0 bridgehead atoms. The minimum Gasteiger partial charge on any atom is -0.508 e. The van der Waals surface area contributed by atoms with Gasteiger partial charge in [0, 0.05) is 10.4 Å². The van der Waals surface area contributed by atoms with Gasteiger partial charge in [0.05, 0.1) is 5.39 Å². The van der Waals surface area contributed by atoms with E-state index in [2.05, 4.69) is 25.8 Å². The lowest BCUT2D eigenvalue weighted by Crippen LogP contribution is -2.26. The van der Waals surface area contributed by atoms with Crippen LogP contribution >= 0.6 is 11.3 Å². The van der Waals surface area contributed by atoms with E-state index in [1.165, 1.54) is 10.4 Å². The molecule has 5 heteroatoms. The maximum absolute atomic E-state index is 12.7. The summed E-state index contributed by atoms with van der Waals surface area (Å²) in [6.45, 7) is 6.88. The van der Waals surface area contributed by atoms with Crippen molar-refractivity contribution < 1.29 is 5.11 Å². The molecule has 4 rings (SSSR count). The van der Waals surface area contributed by atoms with E-state index in [-0.39, 0.29) is 16.7 Å². The summed E-state index contributed by atoms with van der Waals surface area (Å²) >= 11 is 1.65. The average molecular weight is 354 g/mol. The van der Waals surface area contributed by atoms with Crippen LogP contribution < -0.4 is 5.56 Å². The first-order valence-corrected chi connectivity index (χ1v) is 9.48. The number of aromatic nitrogens is 2. The second kappa shape index (κ2) is 5.70. The molecule has 1 aliphatic carbocycles. The summed E-state index contributed by atoms with van der Waals surface area (Å²) in [4.78, 5) is 22.4. The molecular formula is C20H22N2O2S. The van der Waals surface area contributed by atoms with Gasteiger partial charge in [-0.25, -0.2) is 4.98 Å². The minimum absolute atomic E-state index is 0.0740. The van der Waals surface area contributed by atoms with Gasteiger partial charge in [-0.1, -0.05) is 32.9 Å². The fourth-order valence-corrected chi connectivity index (χ4v) is 5.01. The molecule has 25 heavy (non-hydrogen) atoms. The highest BCUT2D eigenvalue weighted by Gasteiger charge is 2.31. The van der Waals surface area contributed by atoms with Crippen molar-refractivity contribution in [3.05, 3.63) is 45.1 Å². The van der Waals surface area contributed by atoms with Crippen molar-refractivity contribution in [2.24, 2.45) is 11.3 Å². The Bertz CT molecular complexity index is 1010. The molecule has 130 valence electrons. The van der Waals surface area contributed by atoms with Gasteiger partial charge in [-0.05, 0) is 48.3 Å². The molecule has 0 saturated heterocycles. The van der Waals surface area contributed by atoms with Crippen LogP contribution in [-0.2, 0) is 12.8 Å². The number of nitrogens with zero attached hydrogens (tertiary/aromatic N) is 1.